The Hall–Kier alpha value is -1.81. The molecule has 1 amide bonds. The largest absolute Gasteiger partial charge is 0.445 e. The van der Waals surface area contributed by atoms with Crippen LogP contribution in [-0.4, -0.2) is 6.09 Å². The quantitative estimate of drug-likeness (QED) is 0.813. The first kappa shape index (κ1) is 16.6. The fourth-order valence-corrected chi connectivity index (χ4v) is 2.62. The Morgan fingerprint density at radius 2 is 1.86 bits per heavy atom. The Morgan fingerprint density at radius 3 is 2.55 bits per heavy atom. The van der Waals surface area contributed by atoms with E-state index >= 15 is 0 Å². The maximum absolute atomic E-state index is 11.7. The van der Waals surface area contributed by atoms with Gasteiger partial charge < -0.3 is 10.1 Å². The molecule has 0 saturated carbocycles. The van der Waals surface area contributed by atoms with Gasteiger partial charge in [-0.3, -0.25) is 0 Å². The van der Waals surface area contributed by atoms with Crippen LogP contribution >= 0.6 is 15.9 Å². The molecule has 0 fully saturated rings. The lowest BCUT2D eigenvalue weighted by molar-refractivity contribution is 0.139. The minimum atomic E-state index is -0.407. The van der Waals surface area contributed by atoms with Gasteiger partial charge in [0.05, 0.1) is 0 Å². The molecule has 22 heavy (non-hydrogen) atoms. The van der Waals surface area contributed by atoms with E-state index in [0.29, 0.717) is 12.5 Å². The van der Waals surface area contributed by atoms with Crippen molar-refractivity contribution in [2.45, 2.75) is 32.9 Å². The predicted molar refractivity (Wildman–Crippen MR) is 91.7 cm³/mol. The van der Waals surface area contributed by atoms with E-state index in [-0.39, 0.29) is 6.61 Å². The normalized spacial score (nSPS) is 10.5. The van der Waals surface area contributed by atoms with Crippen LogP contribution in [0.15, 0.2) is 53.0 Å². The van der Waals surface area contributed by atoms with Gasteiger partial charge in [-0.2, -0.15) is 0 Å². The third-order valence-corrected chi connectivity index (χ3v) is 3.75. The van der Waals surface area contributed by atoms with Gasteiger partial charge in [-0.1, -0.05) is 66.2 Å². The number of alkyl carbamates (subject to hydrolysis) is 1. The highest BCUT2D eigenvalue weighted by Crippen LogP contribution is 2.21. The van der Waals surface area contributed by atoms with Crippen molar-refractivity contribution in [3.63, 3.8) is 0 Å². The first-order valence-corrected chi connectivity index (χ1v) is 8.08. The molecule has 4 heteroatoms. The van der Waals surface area contributed by atoms with E-state index in [0.717, 1.165) is 15.6 Å². The third kappa shape index (κ3) is 5.19. The lowest BCUT2D eigenvalue weighted by Gasteiger charge is -2.11. The van der Waals surface area contributed by atoms with Crippen LogP contribution < -0.4 is 5.32 Å². The van der Waals surface area contributed by atoms with E-state index in [1.807, 2.05) is 36.4 Å². The number of hydrogen-bond acceptors (Lipinski definition) is 2. The topological polar surface area (TPSA) is 38.3 Å². The molecule has 0 atom stereocenters. The number of carbonyl (C=O) groups is 1. The van der Waals surface area contributed by atoms with Gasteiger partial charge in [0, 0.05) is 11.0 Å². The number of nitrogens with one attached hydrogen (secondary N) is 1. The number of amides is 1. The molecule has 0 heterocycles. The van der Waals surface area contributed by atoms with E-state index in [1.54, 1.807) is 0 Å². The maximum atomic E-state index is 11.7. The van der Waals surface area contributed by atoms with E-state index < -0.39 is 6.09 Å². The average molecular weight is 362 g/mol. The molecule has 0 aliphatic carbocycles. The second-order valence-electron chi connectivity index (χ2n) is 5.46. The van der Waals surface area contributed by atoms with E-state index in [2.05, 4.69) is 47.2 Å². The van der Waals surface area contributed by atoms with Gasteiger partial charge in [-0.05, 0) is 34.7 Å². The Kier molecular flexibility index (Phi) is 6.01. The summed E-state index contributed by atoms with van der Waals surface area (Å²) < 4.78 is 6.22. The molecule has 2 aromatic rings. The van der Waals surface area contributed by atoms with Crippen molar-refractivity contribution in [3.8, 4) is 0 Å². The van der Waals surface area contributed by atoms with E-state index in [4.69, 9.17) is 4.74 Å². The summed E-state index contributed by atoms with van der Waals surface area (Å²) in [5.74, 6) is 0.446. The highest BCUT2D eigenvalue weighted by atomic mass is 79.9. The number of ether oxygens (including phenoxy) is 1. The summed E-state index contributed by atoms with van der Waals surface area (Å²) in [6.45, 7) is 5.02. The minimum Gasteiger partial charge on any atom is -0.445 e. The molecular weight excluding hydrogens is 342 g/mol. The van der Waals surface area contributed by atoms with Crippen LogP contribution in [0, 0.1) is 0 Å². The summed E-state index contributed by atoms with van der Waals surface area (Å²) in [7, 11) is 0. The van der Waals surface area contributed by atoms with Crippen LogP contribution in [0.4, 0.5) is 4.79 Å². The molecule has 0 aliphatic rings. The summed E-state index contributed by atoms with van der Waals surface area (Å²) >= 11 is 3.51. The van der Waals surface area contributed by atoms with Crippen molar-refractivity contribution in [3.05, 3.63) is 69.7 Å². The molecule has 1 N–H and O–H groups in total. The summed E-state index contributed by atoms with van der Waals surface area (Å²) in [6.07, 6.45) is -0.407. The molecule has 0 saturated heterocycles. The first-order chi connectivity index (χ1) is 10.5. The molecule has 2 rings (SSSR count). The van der Waals surface area contributed by atoms with Crippen LogP contribution in [-0.2, 0) is 17.9 Å². The summed E-state index contributed by atoms with van der Waals surface area (Å²) in [6, 6.07) is 15.8. The van der Waals surface area contributed by atoms with Crippen LogP contribution in [0.25, 0.3) is 0 Å². The van der Waals surface area contributed by atoms with Crippen LogP contribution in [0.5, 0.6) is 0 Å². The second kappa shape index (κ2) is 7.99. The zero-order chi connectivity index (χ0) is 15.9. The molecule has 116 valence electrons. The van der Waals surface area contributed by atoms with Crippen molar-refractivity contribution < 1.29 is 9.53 Å². The third-order valence-electron chi connectivity index (χ3n) is 3.30. The van der Waals surface area contributed by atoms with E-state index in [1.165, 1.54) is 5.56 Å². The SMILES string of the molecule is CC(C)c1cc(Br)cc(CNC(=O)OCc2ccccc2)c1. The monoisotopic (exact) mass is 361 g/mol. The number of halogens is 1. The summed E-state index contributed by atoms with van der Waals surface area (Å²) in [4.78, 5) is 11.7. The van der Waals surface area contributed by atoms with Crippen LogP contribution in [0.3, 0.4) is 0 Å². The molecule has 0 radical (unpaired) electrons. The summed E-state index contributed by atoms with van der Waals surface area (Å²) in [5.41, 5.74) is 3.26. The van der Waals surface area contributed by atoms with Crippen LogP contribution in [0.2, 0.25) is 0 Å². The highest BCUT2D eigenvalue weighted by molar-refractivity contribution is 9.10. The average Bonchev–Trinajstić information content (AvgIpc) is 2.51. The lowest BCUT2D eigenvalue weighted by Crippen LogP contribution is -2.23. The maximum Gasteiger partial charge on any atom is 0.407 e. The molecule has 0 unspecified atom stereocenters. The highest BCUT2D eigenvalue weighted by Gasteiger charge is 2.06. The van der Waals surface area contributed by atoms with Gasteiger partial charge in [-0.15, -0.1) is 0 Å². The van der Waals surface area contributed by atoms with Crippen LogP contribution in [0.1, 0.15) is 36.5 Å². The van der Waals surface area contributed by atoms with Crippen molar-refractivity contribution >= 4 is 22.0 Å². The molecular formula is C18H20BrNO2. The first-order valence-electron chi connectivity index (χ1n) is 7.28. The summed E-state index contributed by atoms with van der Waals surface area (Å²) in [5, 5.41) is 2.78. The number of benzene rings is 2. The van der Waals surface area contributed by atoms with Gasteiger partial charge in [0.2, 0.25) is 0 Å². The molecule has 0 aromatic heterocycles. The molecule has 0 aliphatic heterocycles. The standard InChI is InChI=1S/C18H20BrNO2/c1-13(2)16-8-15(9-17(19)10-16)11-20-18(21)22-12-14-6-4-3-5-7-14/h3-10,13H,11-12H2,1-2H3,(H,20,21). The number of hydrogen-bond donors (Lipinski definition) is 1. The van der Waals surface area contributed by atoms with Crippen molar-refractivity contribution in [2.24, 2.45) is 0 Å². The number of carbonyl (C=O) groups excluding carboxylic acids is 1. The van der Waals surface area contributed by atoms with Gasteiger partial charge in [0.1, 0.15) is 6.61 Å². The molecule has 2 aromatic carbocycles. The molecule has 0 bridgehead atoms. The zero-order valence-corrected chi connectivity index (χ0v) is 14.4. The smallest absolute Gasteiger partial charge is 0.407 e. The predicted octanol–water partition coefficient (Wildman–Crippen LogP) is 5.00. The zero-order valence-electron chi connectivity index (χ0n) is 12.8. The van der Waals surface area contributed by atoms with Gasteiger partial charge in [-0.25, -0.2) is 4.79 Å². The van der Waals surface area contributed by atoms with E-state index in [9.17, 15) is 4.79 Å². The molecule has 0 spiro atoms. The Labute approximate surface area is 139 Å². The Morgan fingerprint density at radius 1 is 1.14 bits per heavy atom. The van der Waals surface area contributed by atoms with Crippen molar-refractivity contribution in [2.75, 3.05) is 0 Å². The lowest BCUT2D eigenvalue weighted by atomic mass is 10.0. The molecule has 3 nitrogen and oxygen atoms in total. The Bertz CT molecular complexity index is 626. The minimum absolute atomic E-state index is 0.280. The fourth-order valence-electron chi connectivity index (χ4n) is 2.06. The van der Waals surface area contributed by atoms with Crippen molar-refractivity contribution in [1.82, 2.24) is 5.32 Å². The van der Waals surface area contributed by atoms with Gasteiger partial charge in [0.25, 0.3) is 0 Å². The number of rotatable bonds is 5. The second-order valence-corrected chi connectivity index (χ2v) is 6.38. The van der Waals surface area contributed by atoms with Crippen molar-refractivity contribution in [1.29, 1.82) is 0 Å². The Balaban J connectivity index is 1.86. The van der Waals surface area contributed by atoms with Gasteiger partial charge >= 0.3 is 6.09 Å². The van der Waals surface area contributed by atoms with Gasteiger partial charge in [0.15, 0.2) is 0 Å². The fraction of sp³-hybridized carbons (Fsp3) is 0.278.